The van der Waals surface area contributed by atoms with Crippen LogP contribution in [0.2, 0.25) is 0 Å². The highest BCUT2D eigenvalue weighted by molar-refractivity contribution is 6.07. The molecule has 0 aliphatic carbocycles. The minimum atomic E-state index is -0.876. The first-order valence-electron chi connectivity index (χ1n) is 5.03. The second-order valence-corrected chi connectivity index (χ2v) is 4.00. The number of nitrogens with zero attached hydrogens (tertiary/aromatic N) is 2. The third kappa shape index (κ3) is 2.55. The van der Waals surface area contributed by atoms with Crippen LogP contribution in [-0.2, 0) is 9.59 Å². The van der Waals surface area contributed by atoms with Gasteiger partial charge in [-0.1, -0.05) is 0 Å². The highest BCUT2D eigenvalue weighted by atomic mass is 16.4. The number of amides is 1. The van der Waals surface area contributed by atoms with Crippen LogP contribution in [0.5, 0.6) is 0 Å². The molecule has 1 atom stereocenters. The van der Waals surface area contributed by atoms with Gasteiger partial charge in [0.05, 0.1) is 5.92 Å². The second kappa shape index (κ2) is 4.42. The molecule has 1 N–H and O–H groups in total. The summed E-state index contributed by atoms with van der Waals surface area (Å²) in [5, 5.41) is 14.1. The van der Waals surface area contributed by atoms with Gasteiger partial charge < -0.3 is 5.11 Å². The van der Waals surface area contributed by atoms with E-state index in [0.717, 1.165) is 5.71 Å². The van der Waals surface area contributed by atoms with Gasteiger partial charge in [0.2, 0.25) is 0 Å². The van der Waals surface area contributed by atoms with Gasteiger partial charge in [-0.05, 0) is 27.2 Å². The van der Waals surface area contributed by atoms with Crippen molar-refractivity contribution in [3.05, 3.63) is 0 Å². The first kappa shape index (κ1) is 11.7. The molecule has 1 rings (SSSR count). The largest absolute Gasteiger partial charge is 0.481 e. The monoisotopic (exact) mass is 212 g/mol. The average Bonchev–Trinajstić information content (AvgIpc) is 2.39. The standard InChI is InChI=1S/C10H16N2O3/c1-6(2)12-10(15)8(7(3)11-12)4-5-9(13)14/h6,8H,4-5H2,1-3H3,(H,13,14)/t8-/m1/s1. The fourth-order valence-electron chi connectivity index (χ4n) is 1.60. The van der Waals surface area contributed by atoms with Crippen LogP contribution < -0.4 is 0 Å². The van der Waals surface area contributed by atoms with Crippen LogP contribution in [0.4, 0.5) is 0 Å². The van der Waals surface area contributed by atoms with Gasteiger partial charge in [-0.3, -0.25) is 9.59 Å². The van der Waals surface area contributed by atoms with Crippen LogP contribution in [0.1, 0.15) is 33.6 Å². The molecule has 15 heavy (non-hydrogen) atoms. The summed E-state index contributed by atoms with van der Waals surface area (Å²) < 4.78 is 0. The van der Waals surface area contributed by atoms with Crippen molar-refractivity contribution in [3.8, 4) is 0 Å². The van der Waals surface area contributed by atoms with E-state index >= 15 is 0 Å². The number of hydrazone groups is 1. The third-order valence-electron chi connectivity index (χ3n) is 2.43. The van der Waals surface area contributed by atoms with Crippen molar-refractivity contribution in [1.29, 1.82) is 0 Å². The van der Waals surface area contributed by atoms with E-state index in [1.165, 1.54) is 5.01 Å². The minimum absolute atomic E-state index is 0.00913. The molecule has 0 fully saturated rings. The normalized spacial score (nSPS) is 21.1. The Labute approximate surface area is 88.8 Å². The summed E-state index contributed by atoms with van der Waals surface area (Å²) in [4.78, 5) is 22.2. The lowest BCUT2D eigenvalue weighted by atomic mass is 9.98. The topological polar surface area (TPSA) is 70.0 Å². The van der Waals surface area contributed by atoms with Crippen molar-refractivity contribution in [3.63, 3.8) is 0 Å². The van der Waals surface area contributed by atoms with Crippen LogP contribution in [0.15, 0.2) is 5.10 Å². The number of aliphatic carboxylic acids is 1. The molecular weight excluding hydrogens is 196 g/mol. The van der Waals surface area contributed by atoms with Crippen LogP contribution in [0.3, 0.4) is 0 Å². The maximum Gasteiger partial charge on any atom is 0.303 e. The summed E-state index contributed by atoms with van der Waals surface area (Å²) in [5.74, 6) is -1.30. The highest BCUT2D eigenvalue weighted by Gasteiger charge is 2.34. The van der Waals surface area contributed by atoms with Gasteiger partial charge in [0.1, 0.15) is 0 Å². The molecule has 1 amide bonds. The Kier molecular flexibility index (Phi) is 3.44. The molecule has 84 valence electrons. The molecule has 0 unspecified atom stereocenters. The molecule has 1 heterocycles. The molecule has 0 aromatic heterocycles. The number of carboxylic acid groups (broad SMARTS) is 1. The number of rotatable bonds is 4. The lowest BCUT2D eigenvalue weighted by Crippen LogP contribution is -2.32. The zero-order chi connectivity index (χ0) is 11.6. The summed E-state index contributed by atoms with van der Waals surface area (Å²) in [7, 11) is 0. The third-order valence-corrected chi connectivity index (χ3v) is 2.43. The van der Waals surface area contributed by atoms with Crippen molar-refractivity contribution >= 4 is 17.6 Å². The quantitative estimate of drug-likeness (QED) is 0.758. The van der Waals surface area contributed by atoms with Crippen molar-refractivity contribution in [1.82, 2.24) is 5.01 Å². The smallest absolute Gasteiger partial charge is 0.303 e. The van der Waals surface area contributed by atoms with Crippen molar-refractivity contribution in [2.45, 2.75) is 39.7 Å². The van der Waals surface area contributed by atoms with E-state index in [4.69, 9.17) is 5.11 Å². The predicted molar refractivity (Wildman–Crippen MR) is 55.5 cm³/mol. The van der Waals surface area contributed by atoms with E-state index in [2.05, 4.69) is 5.10 Å². The number of hydrogen-bond acceptors (Lipinski definition) is 3. The maximum atomic E-state index is 11.8. The summed E-state index contributed by atoms with van der Waals surface area (Å²) in [6.45, 7) is 5.54. The summed E-state index contributed by atoms with van der Waals surface area (Å²) in [6.07, 6.45) is 0.349. The van der Waals surface area contributed by atoms with E-state index in [0.29, 0.717) is 6.42 Å². The van der Waals surface area contributed by atoms with Crippen LogP contribution >= 0.6 is 0 Å². The summed E-state index contributed by atoms with van der Waals surface area (Å²) in [6, 6.07) is 0.0299. The van der Waals surface area contributed by atoms with Gasteiger partial charge in [-0.2, -0.15) is 5.10 Å². The number of hydrogen-bond donors (Lipinski definition) is 1. The minimum Gasteiger partial charge on any atom is -0.481 e. The van der Waals surface area contributed by atoms with E-state index in [-0.39, 0.29) is 24.3 Å². The first-order chi connectivity index (χ1) is 6.93. The van der Waals surface area contributed by atoms with Crippen LogP contribution in [-0.4, -0.2) is 33.7 Å². The molecule has 0 saturated carbocycles. The predicted octanol–water partition coefficient (Wildman–Crippen LogP) is 1.09. The van der Waals surface area contributed by atoms with Crippen molar-refractivity contribution in [2.75, 3.05) is 0 Å². The van der Waals surface area contributed by atoms with Crippen LogP contribution in [0.25, 0.3) is 0 Å². The number of carbonyl (C=O) groups excluding carboxylic acids is 1. The van der Waals surface area contributed by atoms with E-state index in [9.17, 15) is 9.59 Å². The van der Waals surface area contributed by atoms with Gasteiger partial charge >= 0.3 is 5.97 Å². The van der Waals surface area contributed by atoms with Gasteiger partial charge in [0.15, 0.2) is 0 Å². The molecule has 1 aliphatic rings. The maximum absolute atomic E-state index is 11.8. The number of carbonyl (C=O) groups is 2. The van der Waals surface area contributed by atoms with E-state index < -0.39 is 5.97 Å². The van der Waals surface area contributed by atoms with Gasteiger partial charge in [-0.15, -0.1) is 0 Å². The Hall–Kier alpha value is -1.39. The molecule has 0 bridgehead atoms. The molecule has 1 aliphatic heterocycles. The lowest BCUT2D eigenvalue weighted by molar-refractivity contribution is -0.137. The Morgan fingerprint density at radius 3 is 2.60 bits per heavy atom. The van der Waals surface area contributed by atoms with Crippen molar-refractivity contribution < 1.29 is 14.7 Å². The SMILES string of the molecule is CC1=NN(C(C)C)C(=O)[C@@H]1CCC(=O)O. The molecule has 0 spiro atoms. The first-order valence-corrected chi connectivity index (χ1v) is 5.03. The Morgan fingerprint density at radius 2 is 2.20 bits per heavy atom. The highest BCUT2D eigenvalue weighted by Crippen LogP contribution is 2.22. The zero-order valence-electron chi connectivity index (χ0n) is 9.23. The molecular formula is C10H16N2O3. The van der Waals surface area contributed by atoms with E-state index in [1.54, 1.807) is 6.92 Å². The zero-order valence-corrected chi connectivity index (χ0v) is 9.23. The second-order valence-electron chi connectivity index (χ2n) is 4.00. The van der Waals surface area contributed by atoms with Gasteiger partial charge in [0, 0.05) is 18.2 Å². The van der Waals surface area contributed by atoms with Crippen LogP contribution in [0, 0.1) is 5.92 Å². The lowest BCUT2D eigenvalue weighted by Gasteiger charge is -2.17. The Balaban J connectivity index is 2.65. The molecule has 0 aromatic carbocycles. The summed E-state index contributed by atoms with van der Waals surface area (Å²) >= 11 is 0. The molecule has 0 radical (unpaired) electrons. The van der Waals surface area contributed by atoms with Gasteiger partial charge in [-0.25, -0.2) is 5.01 Å². The Bertz CT molecular complexity index is 310. The summed E-state index contributed by atoms with van der Waals surface area (Å²) in [5.41, 5.74) is 0.718. The molecule has 5 nitrogen and oxygen atoms in total. The average molecular weight is 212 g/mol. The molecule has 0 aromatic rings. The molecule has 5 heteroatoms. The fourth-order valence-corrected chi connectivity index (χ4v) is 1.60. The fraction of sp³-hybridized carbons (Fsp3) is 0.700. The van der Waals surface area contributed by atoms with Gasteiger partial charge in [0.25, 0.3) is 5.91 Å². The van der Waals surface area contributed by atoms with E-state index in [1.807, 2.05) is 13.8 Å². The molecule has 0 saturated heterocycles. The van der Waals surface area contributed by atoms with Crippen molar-refractivity contribution in [2.24, 2.45) is 11.0 Å². The number of carboxylic acids is 1. The Morgan fingerprint density at radius 1 is 1.60 bits per heavy atom.